The quantitative estimate of drug-likeness (QED) is 0.515. The number of hydrogen-bond acceptors (Lipinski definition) is 5. The summed E-state index contributed by atoms with van der Waals surface area (Å²) in [6.07, 6.45) is 0. The zero-order chi connectivity index (χ0) is 18.0. The minimum absolute atomic E-state index is 0.166. The molecule has 0 spiro atoms. The molecule has 0 unspecified atom stereocenters. The predicted octanol–water partition coefficient (Wildman–Crippen LogP) is 2.95. The third kappa shape index (κ3) is 3.27. The molecule has 2 aromatic carbocycles. The van der Waals surface area contributed by atoms with Crippen molar-refractivity contribution in [3.63, 3.8) is 0 Å². The van der Waals surface area contributed by atoms with Crippen LogP contribution in [0.25, 0.3) is 15.9 Å². The van der Waals surface area contributed by atoms with E-state index in [4.69, 9.17) is 11.5 Å². The zero-order valence-electron chi connectivity index (χ0n) is 14.0. The number of anilines is 2. The Morgan fingerprint density at radius 3 is 2.44 bits per heavy atom. The highest BCUT2D eigenvalue weighted by atomic mass is 32.1. The maximum absolute atomic E-state index is 11.8. The van der Waals surface area contributed by atoms with Crippen LogP contribution in [0.4, 0.5) is 11.4 Å². The molecular weight excluding hydrogens is 334 g/mol. The number of aromatic nitrogens is 3. The third-order valence-corrected chi connectivity index (χ3v) is 4.75. The highest BCUT2D eigenvalue weighted by molar-refractivity contribution is 7.16. The van der Waals surface area contributed by atoms with Gasteiger partial charge in [0, 0.05) is 12.7 Å². The molecule has 0 amide bonds. The summed E-state index contributed by atoms with van der Waals surface area (Å²) in [5, 5.41) is 0. The molecule has 128 valence electrons. The third-order valence-electron chi connectivity index (χ3n) is 3.95. The van der Waals surface area contributed by atoms with Crippen LogP contribution in [0.2, 0.25) is 0 Å². The molecule has 0 atom stereocenters. The van der Waals surface area contributed by atoms with Gasteiger partial charge in [-0.25, -0.2) is 9.67 Å². The number of hydrogen-bond donors (Lipinski definition) is 2. The highest BCUT2D eigenvalue weighted by Crippen LogP contribution is 2.19. The minimum atomic E-state index is -0.166. The molecule has 2 aromatic heterocycles. The van der Waals surface area contributed by atoms with E-state index in [9.17, 15) is 4.79 Å². The molecule has 4 rings (SSSR count). The Kier molecular flexibility index (Phi) is 4.58. The Morgan fingerprint density at radius 1 is 1.08 bits per heavy atom. The van der Waals surface area contributed by atoms with Gasteiger partial charge in [-0.05, 0) is 37.3 Å². The fourth-order valence-corrected chi connectivity index (χ4v) is 3.19. The van der Waals surface area contributed by atoms with E-state index in [-0.39, 0.29) is 5.56 Å². The van der Waals surface area contributed by atoms with Gasteiger partial charge in [-0.1, -0.05) is 18.2 Å². The molecule has 0 aliphatic carbocycles. The number of nitrogens with zero attached hydrogens (tertiary/aromatic N) is 3. The van der Waals surface area contributed by atoms with Gasteiger partial charge in [0.25, 0.3) is 5.56 Å². The van der Waals surface area contributed by atoms with Crippen molar-refractivity contribution in [3.8, 4) is 5.69 Å². The number of rotatable bonds is 1. The number of nitrogen functional groups attached to an aromatic ring is 2. The second-order valence-electron chi connectivity index (χ2n) is 5.55. The molecule has 0 aliphatic rings. The summed E-state index contributed by atoms with van der Waals surface area (Å²) in [5.41, 5.74) is 16.6. The van der Waals surface area contributed by atoms with E-state index in [0.717, 1.165) is 27.3 Å². The lowest BCUT2D eigenvalue weighted by Crippen LogP contribution is -2.20. The van der Waals surface area contributed by atoms with Crippen molar-refractivity contribution in [1.82, 2.24) is 14.3 Å². The van der Waals surface area contributed by atoms with Crippen molar-refractivity contribution in [3.05, 3.63) is 70.1 Å². The summed E-state index contributed by atoms with van der Waals surface area (Å²) in [5.74, 6) is 0. The summed E-state index contributed by atoms with van der Waals surface area (Å²) in [4.78, 5) is 16.0. The summed E-state index contributed by atoms with van der Waals surface area (Å²) >= 11 is 1.61. The highest BCUT2D eigenvalue weighted by Gasteiger charge is 2.12. The van der Waals surface area contributed by atoms with Crippen LogP contribution in [0.3, 0.4) is 0 Å². The molecule has 4 aromatic rings. The maximum Gasteiger partial charge on any atom is 0.294 e. The number of benzene rings is 2. The number of para-hydroxylation sites is 1. The average molecular weight is 353 g/mol. The van der Waals surface area contributed by atoms with E-state index in [0.29, 0.717) is 5.69 Å². The molecule has 7 heteroatoms. The Balaban J connectivity index is 0.000000157. The van der Waals surface area contributed by atoms with Gasteiger partial charge in [0.2, 0.25) is 0 Å². The van der Waals surface area contributed by atoms with Crippen LogP contribution in [-0.4, -0.2) is 14.3 Å². The first-order chi connectivity index (χ1) is 12.0. The van der Waals surface area contributed by atoms with Gasteiger partial charge in [0.15, 0.2) is 0 Å². The molecular formula is C18H19N5OS. The Morgan fingerprint density at radius 2 is 1.80 bits per heavy atom. The average Bonchev–Trinajstić information content (AvgIpc) is 3.15. The first kappa shape index (κ1) is 16.8. The fraction of sp³-hybridized carbons (Fsp3) is 0.111. The monoisotopic (exact) mass is 353 g/mol. The van der Waals surface area contributed by atoms with Gasteiger partial charge >= 0.3 is 0 Å². The van der Waals surface area contributed by atoms with E-state index >= 15 is 0 Å². The van der Waals surface area contributed by atoms with E-state index in [1.807, 2.05) is 68.0 Å². The van der Waals surface area contributed by atoms with E-state index in [2.05, 4.69) is 4.98 Å². The molecule has 0 saturated carbocycles. The van der Waals surface area contributed by atoms with E-state index in [1.54, 1.807) is 20.7 Å². The van der Waals surface area contributed by atoms with Gasteiger partial charge in [0.1, 0.15) is 5.69 Å². The molecule has 0 radical (unpaired) electrons. The van der Waals surface area contributed by atoms with Crippen molar-refractivity contribution in [1.29, 1.82) is 0 Å². The molecule has 2 heterocycles. The molecule has 0 aliphatic heterocycles. The number of nitrogens with two attached hydrogens (primary N) is 2. The van der Waals surface area contributed by atoms with E-state index < -0.39 is 0 Å². The molecule has 4 N–H and O–H groups in total. The van der Waals surface area contributed by atoms with Crippen LogP contribution >= 0.6 is 11.3 Å². The summed E-state index contributed by atoms with van der Waals surface area (Å²) < 4.78 is 4.47. The topological polar surface area (TPSA) is 91.9 Å². The normalized spacial score (nSPS) is 10.5. The lowest BCUT2D eigenvalue weighted by atomic mass is 10.3. The lowest BCUT2D eigenvalue weighted by molar-refractivity contribution is 0.630. The van der Waals surface area contributed by atoms with Crippen LogP contribution in [0.5, 0.6) is 0 Å². The van der Waals surface area contributed by atoms with Gasteiger partial charge in [-0.2, -0.15) is 0 Å². The molecule has 25 heavy (non-hydrogen) atoms. The van der Waals surface area contributed by atoms with Crippen LogP contribution in [0.15, 0.2) is 58.8 Å². The SMILES string of the molecule is Cc1c(N)c(=O)n(-c2ccccc2)n1C.Nc1ccc2ncsc2c1. The van der Waals surface area contributed by atoms with Gasteiger partial charge in [-0.3, -0.25) is 9.48 Å². The molecule has 0 bridgehead atoms. The van der Waals surface area contributed by atoms with Crippen molar-refractivity contribution in [2.24, 2.45) is 7.05 Å². The second-order valence-corrected chi connectivity index (χ2v) is 6.44. The molecule has 0 fully saturated rings. The van der Waals surface area contributed by atoms with Crippen molar-refractivity contribution in [2.75, 3.05) is 11.5 Å². The van der Waals surface area contributed by atoms with Crippen LogP contribution < -0.4 is 17.0 Å². The summed E-state index contributed by atoms with van der Waals surface area (Å²) in [7, 11) is 1.82. The smallest absolute Gasteiger partial charge is 0.294 e. The van der Waals surface area contributed by atoms with Crippen LogP contribution in [0, 0.1) is 6.92 Å². The van der Waals surface area contributed by atoms with Crippen LogP contribution in [0.1, 0.15) is 5.69 Å². The zero-order valence-corrected chi connectivity index (χ0v) is 14.8. The first-order valence-electron chi connectivity index (χ1n) is 7.67. The summed E-state index contributed by atoms with van der Waals surface area (Å²) in [6.45, 7) is 1.83. The standard InChI is InChI=1S/C11H13N3O.C7H6N2S/c1-8-10(12)11(15)14(13(8)2)9-6-4-3-5-7-9;8-5-1-2-6-7(3-5)10-4-9-6/h3-7H,12H2,1-2H3;1-4H,8H2. The van der Waals surface area contributed by atoms with Gasteiger partial charge in [-0.15, -0.1) is 11.3 Å². The van der Waals surface area contributed by atoms with Gasteiger partial charge in [0.05, 0.1) is 27.1 Å². The Labute approximate surface area is 148 Å². The predicted molar refractivity (Wildman–Crippen MR) is 104 cm³/mol. The second kappa shape index (κ2) is 6.82. The maximum atomic E-state index is 11.8. The first-order valence-corrected chi connectivity index (χ1v) is 8.55. The van der Waals surface area contributed by atoms with Crippen LogP contribution in [-0.2, 0) is 7.05 Å². The summed E-state index contributed by atoms with van der Waals surface area (Å²) in [6, 6.07) is 15.2. The van der Waals surface area contributed by atoms with Crippen molar-refractivity contribution < 1.29 is 0 Å². The lowest BCUT2D eigenvalue weighted by Gasteiger charge is -2.07. The largest absolute Gasteiger partial charge is 0.399 e. The molecule has 0 saturated heterocycles. The minimum Gasteiger partial charge on any atom is -0.399 e. The van der Waals surface area contributed by atoms with Crippen molar-refractivity contribution in [2.45, 2.75) is 6.92 Å². The van der Waals surface area contributed by atoms with Crippen molar-refractivity contribution >= 4 is 32.9 Å². The van der Waals surface area contributed by atoms with E-state index in [1.165, 1.54) is 0 Å². The van der Waals surface area contributed by atoms with Gasteiger partial charge < -0.3 is 11.5 Å². The Hall–Kier alpha value is -3.06. The Bertz CT molecular complexity index is 1060. The molecule has 6 nitrogen and oxygen atoms in total. The fourth-order valence-electron chi connectivity index (χ4n) is 2.46. The number of thiazole rings is 1. The number of fused-ring (bicyclic) bond motifs is 1.